The molecule has 2 amide bonds. The second-order valence-electron chi connectivity index (χ2n) is 7.20. The summed E-state index contributed by atoms with van der Waals surface area (Å²) in [6.45, 7) is 1.14. The Morgan fingerprint density at radius 3 is 2.15 bits per heavy atom. The molecule has 1 aliphatic heterocycles. The van der Waals surface area contributed by atoms with Gasteiger partial charge in [-0.15, -0.1) is 0 Å². The lowest BCUT2D eigenvalue weighted by Crippen LogP contribution is -2.50. The van der Waals surface area contributed by atoms with E-state index in [2.05, 4.69) is 36.4 Å². The average molecular weight is 366 g/mol. The van der Waals surface area contributed by atoms with Gasteiger partial charge in [-0.1, -0.05) is 54.6 Å². The van der Waals surface area contributed by atoms with Crippen LogP contribution in [0.4, 0.5) is 0 Å². The molecule has 1 saturated heterocycles. The van der Waals surface area contributed by atoms with E-state index in [0.717, 1.165) is 11.1 Å². The Labute approximate surface area is 160 Å². The van der Waals surface area contributed by atoms with Crippen molar-refractivity contribution >= 4 is 11.8 Å². The van der Waals surface area contributed by atoms with Crippen LogP contribution in [0.3, 0.4) is 0 Å². The van der Waals surface area contributed by atoms with Gasteiger partial charge in [-0.05, 0) is 36.0 Å². The molecule has 0 unspecified atom stereocenters. The second kappa shape index (κ2) is 8.35. The lowest BCUT2D eigenvalue weighted by molar-refractivity contribution is -0.141. The second-order valence-corrected chi connectivity index (χ2v) is 7.20. The SMILES string of the molecule is COCC(=O)N1CCC(Cc2ccc(-c3ccccc3)cc2)(C(N)=O)CC1. The van der Waals surface area contributed by atoms with Crippen molar-refractivity contribution < 1.29 is 14.3 Å². The number of hydrogen-bond acceptors (Lipinski definition) is 3. The summed E-state index contributed by atoms with van der Waals surface area (Å²) < 4.78 is 4.92. The third-order valence-electron chi connectivity index (χ3n) is 5.47. The summed E-state index contributed by atoms with van der Waals surface area (Å²) in [7, 11) is 1.51. The smallest absolute Gasteiger partial charge is 0.248 e. The normalized spacial score (nSPS) is 16.1. The summed E-state index contributed by atoms with van der Waals surface area (Å²) in [5, 5.41) is 0. The summed E-state index contributed by atoms with van der Waals surface area (Å²) in [5.41, 5.74) is 8.58. The molecule has 1 heterocycles. The molecule has 2 aromatic carbocycles. The van der Waals surface area contributed by atoms with E-state index in [-0.39, 0.29) is 18.4 Å². The Kier molecular flexibility index (Phi) is 5.91. The van der Waals surface area contributed by atoms with Crippen LogP contribution >= 0.6 is 0 Å². The van der Waals surface area contributed by atoms with E-state index in [1.807, 2.05) is 18.2 Å². The predicted octanol–water partition coefficient (Wildman–Crippen LogP) is 2.64. The number of methoxy groups -OCH3 is 1. The molecular weight excluding hydrogens is 340 g/mol. The van der Waals surface area contributed by atoms with Crippen LogP contribution in [0.1, 0.15) is 18.4 Å². The molecule has 5 heteroatoms. The number of amides is 2. The molecule has 3 rings (SSSR count). The highest BCUT2D eigenvalue weighted by atomic mass is 16.5. The Morgan fingerprint density at radius 1 is 1.00 bits per heavy atom. The van der Waals surface area contributed by atoms with Gasteiger partial charge >= 0.3 is 0 Å². The van der Waals surface area contributed by atoms with Crippen LogP contribution in [0.2, 0.25) is 0 Å². The summed E-state index contributed by atoms with van der Waals surface area (Å²) in [6, 6.07) is 18.5. The van der Waals surface area contributed by atoms with Crippen LogP contribution < -0.4 is 5.73 Å². The third-order valence-corrected chi connectivity index (χ3v) is 5.47. The summed E-state index contributed by atoms with van der Waals surface area (Å²) in [6.07, 6.45) is 1.76. The van der Waals surface area contributed by atoms with Crippen molar-refractivity contribution in [3.8, 4) is 11.1 Å². The largest absolute Gasteiger partial charge is 0.375 e. The molecule has 142 valence electrons. The first-order valence-electron chi connectivity index (χ1n) is 9.25. The number of carbonyl (C=O) groups is 2. The molecule has 0 radical (unpaired) electrons. The molecule has 2 N–H and O–H groups in total. The van der Waals surface area contributed by atoms with Crippen molar-refractivity contribution in [2.75, 3.05) is 26.8 Å². The van der Waals surface area contributed by atoms with Gasteiger partial charge < -0.3 is 15.4 Å². The number of primary amides is 1. The van der Waals surface area contributed by atoms with Gasteiger partial charge in [0.15, 0.2) is 0 Å². The van der Waals surface area contributed by atoms with Crippen LogP contribution in [-0.2, 0) is 20.7 Å². The Hall–Kier alpha value is -2.66. The Balaban J connectivity index is 1.70. The number of nitrogens with zero attached hydrogens (tertiary/aromatic N) is 1. The fourth-order valence-corrected chi connectivity index (χ4v) is 3.75. The minimum absolute atomic E-state index is 0.0391. The van der Waals surface area contributed by atoms with Gasteiger partial charge in [-0.25, -0.2) is 0 Å². The molecule has 5 nitrogen and oxygen atoms in total. The van der Waals surface area contributed by atoms with Gasteiger partial charge in [0.2, 0.25) is 11.8 Å². The van der Waals surface area contributed by atoms with Gasteiger partial charge in [0.05, 0.1) is 5.41 Å². The van der Waals surface area contributed by atoms with E-state index in [0.29, 0.717) is 32.4 Å². The Morgan fingerprint density at radius 2 is 1.59 bits per heavy atom. The molecule has 1 fully saturated rings. The van der Waals surface area contributed by atoms with E-state index in [9.17, 15) is 9.59 Å². The number of ether oxygens (including phenoxy) is 1. The highest BCUT2D eigenvalue weighted by Crippen LogP contribution is 2.35. The lowest BCUT2D eigenvalue weighted by atomic mass is 9.73. The van der Waals surface area contributed by atoms with Crippen molar-refractivity contribution in [2.45, 2.75) is 19.3 Å². The van der Waals surface area contributed by atoms with Crippen LogP contribution in [0.15, 0.2) is 54.6 Å². The molecule has 0 atom stereocenters. The summed E-state index contributed by atoms with van der Waals surface area (Å²) in [5.74, 6) is -0.323. The molecule has 27 heavy (non-hydrogen) atoms. The van der Waals surface area contributed by atoms with Gasteiger partial charge in [0, 0.05) is 20.2 Å². The number of likely N-dealkylation sites (tertiary alicyclic amines) is 1. The maximum absolute atomic E-state index is 12.3. The topological polar surface area (TPSA) is 72.6 Å². The van der Waals surface area contributed by atoms with Crippen molar-refractivity contribution in [1.29, 1.82) is 0 Å². The number of rotatable bonds is 6. The molecule has 0 saturated carbocycles. The third kappa shape index (κ3) is 4.37. The average Bonchev–Trinajstić information content (AvgIpc) is 2.70. The lowest BCUT2D eigenvalue weighted by Gasteiger charge is -2.39. The van der Waals surface area contributed by atoms with Crippen molar-refractivity contribution in [2.24, 2.45) is 11.1 Å². The van der Waals surface area contributed by atoms with Gasteiger partial charge in [-0.2, -0.15) is 0 Å². The highest BCUT2D eigenvalue weighted by Gasteiger charge is 2.40. The number of nitrogens with two attached hydrogens (primary N) is 1. The quantitative estimate of drug-likeness (QED) is 0.854. The molecule has 0 bridgehead atoms. The molecule has 0 aromatic heterocycles. The van der Waals surface area contributed by atoms with Gasteiger partial charge in [0.25, 0.3) is 0 Å². The standard InChI is InChI=1S/C22H26N2O3/c1-27-16-20(25)24-13-11-22(12-14-24,21(23)26)15-17-7-9-19(10-8-17)18-5-3-2-4-6-18/h2-10H,11-16H2,1H3,(H2,23,26). The minimum Gasteiger partial charge on any atom is -0.375 e. The van der Waals surface area contributed by atoms with Crippen LogP contribution in [0, 0.1) is 5.41 Å². The van der Waals surface area contributed by atoms with Gasteiger partial charge in [-0.3, -0.25) is 9.59 Å². The molecule has 1 aliphatic rings. The fourth-order valence-electron chi connectivity index (χ4n) is 3.75. The number of hydrogen-bond donors (Lipinski definition) is 1. The first kappa shape index (κ1) is 19.1. The van der Waals surface area contributed by atoms with E-state index in [4.69, 9.17) is 10.5 Å². The molecule has 0 aliphatic carbocycles. The fraction of sp³-hybridized carbons (Fsp3) is 0.364. The van der Waals surface area contributed by atoms with Crippen LogP contribution in [0.25, 0.3) is 11.1 Å². The minimum atomic E-state index is -0.599. The monoisotopic (exact) mass is 366 g/mol. The number of carbonyl (C=O) groups excluding carboxylic acids is 2. The summed E-state index contributed by atoms with van der Waals surface area (Å²) in [4.78, 5) is 26.0. The Bertz CT molecular complexity index is 779. The van der Waals surface area contributed by atoms with E-state index in [1.54, 1.807) is 4.90 Å². The predicted molar refractivity (Wildman–Crippen MR) is 105 cm³/mol. The van der Waals surface area contributed by atoms with Crippen LogP contribution in [-0.4, -0.2) is 43.5 Å². The zero-order valence-corrected chi connectivity index (χ0v) is 15.7. The first-order chi connectivity index (χ1) is 13.0. The zero-order valence-electron chi connectivity index (χ0n) is 15.7. The number of piperidine rings is 1. The maximum atomic E-state index is 12.3. The van der Waals surface area contributed by atoms with Crippen molar-refractivity contribution in [1.82, 2.24) is 4.90 Å². The summed E-state index contributed by atoms with van der Waals surface area (Å²) >= 11 is 0. The van der Waals surface area contributed by atoms with E-state index < -0.39 is 5.41 Å². The van der Waals surface area contributed by atoms with Crippen molar-refractivity contribution in [3.63, 3.8) is 0 Å². The highest BCUT2D eigenvalue weighted by molar-refractivity contribution is 5.82. The van der Waals surface area contributed by atoms with Crippen molar-refractivity contribution in [3.05, 3.63) is 60.2 Å². The zero-order chi connectivity index (χ0) is 19.3. The van der Waals surface area contributed by atoms with Gasteiger partial charge in [0.1, 0.15) is 6.61 Å². The van der Waals surface area contributed by atoms with E-state index in [1.165, 1.54) is 12.7 Å². The first-order valence-corrected chi connectivity index (χ1v) is 9.25. The molecule has 2 aromatic rings. The van der Waals surface area contributed by atoms with E-state index >= 15 is 0 Å². The maximum Gasteiger partial charge on any atom is 0.248 e. The van der Waals surface area contributed by atoms with Crippen LogP contribution in [0.5, 0.6) is 0 Å². The molecule has 0 spiro atoms. The number of benzene rings is 2. The molecular formula is C22H26N2O3.